The lowest BCUT2D eigenvalue weighted by Crippen LogP contribution is -2.51. The summed E-state index contributed by atoms with van der Waals surface area (Å²) in [4.78, 5) is 69.4. The summed E-state index contributed by atoms with van der Waals surface area (Å²) in [6, 6.07) is 0. The molecule has 0 aromatic carbocycles. The Bertz CT molecular complexity index is 1950. The lowest BCUT2D eigenvalue weighted by atomic mass is 9.84. The van der Waals surface area contributed by atoms with E-state index >= 15 is 0 Å². The van der Waals surface area contributed by atoms with Crippen LogP contribution in [0.2, 0.25) is 0 Å². The second kappa shape index (κ2) is 61.8. The van der Waals surface area contributed by atoms with Gasteiger partial charge in [-0.2, -0.15) is 0 Å². The highest BCUT2D eigenvalue weighted by atomic mass is 16.6. The molecule has 18 heteroatoms. The lowest BCUT2D eigenvalue weighted by Gasteiger charge is -2.40. The van der Waals surface area contributed by atoms with Gasteiger partial charge >= 0.3 is 35.8 Å². The first-order valence-corrected chi connectivity index (χ1v) is 33.3. The molecular weight excluding hydrogens is 1270 g/mol. The minimum atomic E-state index is -1.03. The minimum absolute atomic E-state index is 0. The Kier molecular flexibility index (Phi) is 84.0. The average Bonchev–Trinajstić information content (AvgIpc) is 1.58. The minimum Gasteiger partial charge on any atom is -0.462 e. The molecule has 0 radical (unpaired) electrons. The Balaban J connectivity index is -0.0000000592. The van der Waals surface area contributed by atoms with Gasteiger partial charge in [-0.15, -0.1) is 0 Å². The van der Waals surface area contributed by atoms with Crippen molar-refractivity contribution in [3.63, 3.8) is 0 Å². The summed E-state index contributed by atoms with van der Waals surface area (Å²) < 4.78 is 31.9. The van der Waals surface area contributed by atoms with Crippen molar-refractivity contribution in [2.45, 2.75) is 449 Å². The molecule has 18 nitrogen and oxygen atoms in total. The van der Waals surface area contributed by atoms with E-state index in [0.717, 1.165) is 77.0 Å². The van der Waals surface area contributed by atoms with Gasteiger partial charge in [0, 0.05) is 0 Å². The fourth-order valence-electron chi connectivity index (χ4n) is 8.58. The number of rotatable bonds is 27. The maximum absolute atomic E-state index is 11.9. The number of hydrogen-bond acceptors (Lipinski definition) is 18. The van der Waals surface area contributed by atoms with Crippen molar-refractivity contribution in [3.05, 3.63) is 0 Å². The lowest BCUT2D eigenvalue weighted by molar-refractivity contribution is -0.192. The summed E-state index contributed by atoms with van der Waals surface area (Å²) in [5, 5.41) is 59.0. The van der Waals surface area contributed by atoms with Gasteiger partial charge in [-0.3, -0.25) is 28.8 Å². The summed E-state index contributed by atoms with van der Waals surface area (Å²) in [7, 11) is 0. The summed E-state index contributed by atoms with van der Waals surface area (Å²) in [6.07, 6.45) is 12.1. The second-order valence-electron chi connectivity index (χ2n) is 29.2. The molecule has 2 aliphatic carbocycles. The molecule has 0 amide bonds. The van der Waals surface area contributed by atoms with Crippen LogP contribution in [0.5, 0.6) is 0 Å². The van der Waals surface area contributed by atoms with Crippen molar-refractivity contribution in [1.82, 2.24) is 0 Å². The van der Waals surface area contributed by atoms with Crippen LogP contribution >= 0.6 is 0 Å². The fourth-order valence-corrected chi connectivity index (χ4v) is 8.58. The molecule has 620 valence electrons. The van der Waals surface area contributed by atoms with Crippen LogP contribution in [0.3, 0.4) is 0 Å². The van der Waals surface area contributed by atoms with Gasteiger partial charge in [0.05, 0.1) is 69.1 Å². The molecule has 0 saturated heterocycles. The average molecular weight is 1460 g/mol. The van der Waals surface area contributed by atoms with E-state index in [1.54, 1.807) is 96.9 Å². The maximum atomic E-state index is 11.9. The standard InChI is InChI=1S/C14H26O3.C13H24O3.C12H24O3.2C11H22O3.C9H18O3.12CH4/c1-5-10(2)13(15)17-12(14(3,4)16)11-8-6-7-9-11;1-5-10(2)11(14)16-13(12(3,4)15)8-6-7-9-13;1-7-9(4)11(13)15-10(8(2)3)12(5,6)14;1-7-8(2)9(12)14-11(5,6)10(3,4)13;1-6-8(3)10(12)14-9(7-2)11(4,5)13;1-5-7(2)8(10)12-6-9(3,4)11;;;;;;;;;;;;/h10-12,16H,5-9H2,1-4H3;10,15H,5-9H2,1-4H3;8-10,14H,7H2,1-6H3;8,13H,7H2,1-6H3;8-9,13H,6-7H2,1-5H3;7,11H,5-6H2,1-4H3;12*1H4. The molecule has 100 heavy (non-hydrogen) atoms. The molecule has 0 aromatic rings. The molecule has 2 saturated carbocycles. The highest BCUT2D eigenvalue weighted by Gasteiger charge is 2.50. The molecule has 2 aliphatic rings. The Labute approximate surface area is 624 Å². The largest absolute Gasteiger partial charge is 0.462 e. The van der Waals surface area contributed by atoms with E-state index in [1.165, 1.54) is 12.8 Å². The molecule has 0 aliphatic heterocycles. The van der Waals surface area contributed by atoms with Gasteiger partial charge in [0.15, 0.2) is 0 Å². The topological polar surface area (TPSA) is 279 Å². The molecule has 0 aromatic heterocycles. The van der Waals surface area contributed by atoms with Crippen molar-refractivity contribution in [2.75, 3.05) is 6.61 Å². The highest BCUT2D eigenvalue weighted by molar-refractivity contribution is 5.74. The Morgan fingerprint density at radius 2 is 0.700 bits per heavy atom. The van der Waals surface area contributed by atoms with Gasteiger partial charge < -0.3 is 59.1 Å². The normalized spacial score (nSPS) is 15.6. The van der Waals surface area contributed by atoms with Gasteiger partial charge in [0.25, 0.3) is 0 Å². The third kappa shape index (κ3) is 55.1. The van der Waals surface area contributed by atoms with Gasteiger partial charge in [0.2, 0.25) is 0 Å². The zero-order valence-electron chi connectivity index (χ0n) is 61.2. The first-order valence-electron chi connectivity index (χ1n) is 33.3. The van der Waals surface area contributed by atoms with E-state index in [1.807, 2.05) is 104 Å². The Hall–Kier alpha value is -3.42. The van der Waals surface area contributed by atoms with Crippen LogP contribution in [0, 0.1) is 47.3 Å². The fraction of sp³-hybridized carbons (Fsp3) is 0.927. The van der Waals surface area contributed by atoms with Crippen LogP contribution in [0.25, 0.3) is 0 Å². The molecule has 9 atom stereocenters. The Morgan fingerprint density at radius 1 is 0.390 bits per heavy atom. The molecule has 0 heterocycles. The van der Waals surface area contributed by atoms with Crippen LogP contribution in [-0.2, 0) is 57.2 Å². The molecule has 6 N–H and O–H groups in total. The number of aliphatic hydroxyl groups is 6. The predicted molar refractivity (Wildman–Crippen MR) is 430 cm³/mol. The Morgan fingerprint density at radius 3 is 0.970 bits per heavy atom. The van der Waals surface area contributed by atoms with Crippen LogP contribution in [0.15, 0.2) is 0 Å². The van der Waals surface area contributed by atoms with E-state index in [4.69, 9.17) is 28.4 Å². The number of esters is 6. The van der Waals surface area contributed by atoms with E-state index < -0.39 is 57.0 Å². The van der Waals surface area contributed by atoms with Crippen molar-refractivity contribution in [3.8, 4) is 0 Å². The zero-order chi connectivity index (χ0) is 70.4. The van der Waals surface area contributed by atoms with Crippen molar-refractivity contribution in [1.29, 1.82) is 0 Å². The van der Waals surface area contributed by atoms with Crippen LogP contribution in [0.4, 0.5) is 0 Å². The molecule has 2 rings (SSSR count). The summed E-state index contributed by atoms with van der Waals surface area (Å²) >= 11 is 0. The van der Waals surface area contributed by atoms with E-state index in [2.05, 4.69) is 0 Å². The molecule has 9 unspecified atom stereocenters. The van der Waals surface area contributed by atoms with Crippen LogP contribution < -0.4 is 0 Å². The van der Waals surface area contributed by atoms with Gasteiger partial charge in [-0.05, 0) is 192 Å². The number of hydrogen-bond donors (Lipinski definition) is 6. The first-order chi connectivity index (χ1) is 39.7. The summed E-state index contributed by atoms with van der Waals surface area (Å²) in [6.45, 7) is 52.1. The molecular formula is C82H184O18. The van der Waals surface area contributed by atoms with Gasteiger partial charge in [-0.1, -0.05) is 206 Å². The smallest absolute Gasteiger partial charge is 0.309 e. The molecule has 0 spiro atoms. The number of ether oxygens (including phenoxy) is 6. The summed E-state index contributed by atoms with van der Waals surface area (Å²) in [5.41, 5.74) is -7.32. The summed E-state index contributed by atoms with van der Waals surface area (Å²) in [5.74, 6) is -1.40. The SMILES string of the molecule is C.C.C.C.C.C.C.C.C.C.C.C.CCC(C)C(=O)OC(C(C)C)C(C)(C)O.CCC(C)C(=O)OC(C)(C)C(C)(C)O.CCC(C)C(=O)OC(C1CCCC1)C(C)(C)O.CCC(C)C(=O)OC(CC)C(C)(C)O.CCC(C)C(=O)OC1(C(C)(C)O)CCCC1.CCC(C)C(=O)OCC(C)(C)O. The first kappa shape index (κ1) is 136. The van der Waals surface area contributed by atoms with E-state index in [-0.39, 0.29) is 179 Å². The van der Waals surface area contributed by atoms with E-state index in [9.17, 15) is 59.4 Å². The van der Waals surface area contributed by atoms with Crippen LogP contribution in [-0.4, -0.2) is 136 Å². The molecule has 2 fully saturated rings. The number of carbonyl (C=O) groups excluding carboxylic acids is 6. The van der Waals surface area contributed by atoms with Crippen LogP contribution in [0.1, 0.15) is 386 Å². The zero-order valence-corrected chi connectivity index (χ0v) is 61.2. The quantitative estimate of drug-likeness (QED) is 0.0329. The molecule has 0 bridgehead atoms. The van der Waals surface area contributed by atoms with Gasteiger partial charge in [-0.25, -0.2) is 0 Å². The van der Waals surface area contributed by atoms with E-state index in [0.29, 0.717) is 12.3 Å². The second-order valence-corrected chi connectivity index (χ2v) is 29.2. The maximum Gasteiger partial charge on any atom is 0.309 e. The van der Waals surface area contributed by atoms with Crippen molar-refractivity contribution >= 4 is 35.8 Å². The van der Waals surface area contributed by atoms with Gasteiger partial charge in [0.1, 0.15) is 36.1 Å². The third-order valence-electron chi connectivity index (χ3n) is 17.0. The van der Waals surface area contributed by atoms with Crippen molar-refractivity contribution in [2.24, 2.45) is 47.3 Å². The predicted octanol–water partition coefficient (Wildman–Crippen LogP) is 21.2. The number of carbonyl (C=O) groups is 6. The third-order valence-corrected chi connectivity index (χ3v) is 17.0. The monoisotopic (exact) mass is 1460 g/mol. The highest BCUT2D eigenvalue weighted by Crippen LogP contribution is 2.42. The van der Waals surface area contributed by atoms with Crippen molar-refractivity contribution < 1.29 is 87.8 Å².